The van der Waals surface area contributed by atoms with E-state index in [9.17, 15) is 14.9 Å². The Balaban J connectivity index is 1.88. The van der Waals surface area contributed by atoms with Crippen LogP contribution in [0.4, 0.5) is 11.5 Å². The summed E-state index contributed by atoms with van der Waals surface area (Å²) in [6, 6.07) is 5.57. The van der Waals surface area contributed by atoms with Crippen molar-refractivity contribution in [2.45, 2.75) is 26.7 Å². The molecule has 0 bridgehead atoms. The summed E-state index contributed by atoms with van der Waals surface area (Å²) < 4.78 is 10.5. The number of methoxy groups -OCH3 is 1. The third kappa shape index (κ3) is 4.19. The maximum atomic E-state index is 11.8. The molecule has 0 saturated carbocycles. The molecule has 0 atom stereocenters. The molecule has 1 aliphatic rings. The SMILES string of the molecule is COC(=O)C1CCN(c2ncnc(Oc3cc(C)cc(C)c3)c2[N+](=O)[O-])CC1. The zero-order valence-corrected chi connectivity index (χ0v) is 16.0. The lowest BCUT2D eigenvalue weighted by atomic mass is 9.97. The molecule has 0 radical (unpaired) electrons. The van der Waals surface area contributed by atoms with Crippen LogP contribution in [0.1, 0.15) is 24.0 Å². The van der Waals surface area contributed by atoms with Gasteiger partial charge in [0.15, 0.2) is 0 Å². The highest BCUT2D eigenvalue weighted by molar-refractivity contribution is 5.73. The van der Waals surface area contributed by atoms with Gasteiger partial charge in [0, 0.05) is 13.1 Å². The molecule has 0 unspecified atom stereocenters. The van der Waals surface area contributed by atoms with Crippen molar-refractivity contribution < 1.29 is 19.2 Å². The summed E-state index contributed by atoms with van der Waals surface area (Å²) in [5.41, 5.74) is 1.69. The fourth-order valence-electron chi connectivity index (χ4n) is 3.42. The Morgan fingerprint density at radius 3 is 2.39 bits per heavy atom. The smallest absolute Gasteiger partial charge is 0.373 e. The predicted molar refractivity (Wildman–Crippen MR) is 102 cm³/mol. The molecule has 1 saturated heterocycles. The summed E-state index contributed by atoms with van der Waals surface area (Å²) >= 11 is 0. The fraction of sp³-hybridized carbons (Fsp3) is 0.421. The number of ether oxygens (including phenoxy) is 2. The first kappa shape index (κ1) is 19.5. The number of aromatic nitrogens is 2. The van der Waals surface area contributed by atoms with Crippen molar-refractivity contribution in [1.82, 2.24) is 9.97 Å². The van der Waals surface area contributed by atoms with Crippen molar-refractivity contribution >= 4 is 17.5 Å². The number of hydrogen-bond donors (Lipinski definition) is 0. The second kappa shape index (κ2) is 8.20. The Labute approximate surface area is 162 Å². The van der Waals surface area contributed by atoms with Crippen LogP contribution < -0.4 is 9.64 Å². The first-order valence-electron chi connectivity index (χ1n) is 8.97. The molecular weight excluding hydrogens is 364 g/mol. The van der Waals surface area contributed by atoms with Gasteiger partial charge in [0.1, 0.15) is 12.1 Å². The van der Waals surface area contributed by atoms with Gasteiger partial charge in [0.05, 0.1) is 18.0 Å². The zero-order valence-electron chi connectivity index (χ0n) is 16.0. The molecule has 9 nitrogen and oxygen atoms in total. The number of carbonyl (C=O) groups excluding carboxylic acids is 1. The highest BCUT2D eigenvalue weighted by Gasteiger charge is 2.33. The number of esters is 1. The van der Waals surface area contributed by atoms with E-state index in [2.05, 4.69) is 9.97 Å². The summed E-state index contributed by atoms with van der Waals surface area (Å²) in [5, 5.41) is 11.8. The van der Waals surface area contributed by atoms with Crippen molar-refractivity contribution in [2.75, 3.05) is 25.1 Å². The molecule has 2 heterocycles. The number of hydrogen-bond acceptors (Lipinski definition) is 8. The number of benzene rings is 1. The minimum absolute atomic E-state index is 0.102. The number of anilines is 1. The van der Waals surface area contributed by atoms with Gasteiger partial charge in [-0.15, -0.1) is 0 Å². The quantitative estimate of drug-likeness (QED) is 0.438. The minimum atomic E-state index is -0.528. The van der Waals surface area contributed by atoms with E-state index in [0.29, 0.717) is 31.7 Å². The molecule has 28 heavy (non-hydrogen) atoms. The fourth-order valence-corrected chi connectivity index (χ4v) is 3.42. The molecule has 9 heteroatoms. The first-order valence-corrected chi connectivity index (χ1v) is 8.97. The van der Waals surface area contributed by atoms with E-state index in [4.69, 9.17) is 9.47 Å². The second-order valence-electron chi connectivity index (χ2n) is 6.82. The van der Waals surface area contributed by atoms with Gasteiger partial charge in [-0.05, 0) is 49.9 Å². The number of nitrogens with zero attached hydrogens (tertiary/aromatic N) is 4. The monoisotopic (exact) mass is 386 g/mol. The lowest BCUT2D eigenvalue weighted by Crippen LogP contribution is -2.37. The molecule has 1 fully saturated rings. The number of nitro groups is 1. The Morgan fingerprint density at radius 1 is 1.18 bits per heavy atom. The standard InChI is InChI=1S/C19H22N4O5/c1-12-8-13(2)10-15(9-12)28-18-16(23(25)26)17(20-11-21-18)22-6-4-14(5-7-22)19(24)27-3/h8-11,14H,4-7H2,1-3H3. The van der Waals surface area contributed by atoms with Crippen LogP contribution in [0.2, 0.25) is 0 Å². The van der Waals surface area contributed by atoms with Crippen LogP contribution in [0.25, 0.3) is 0 Å². The Hall–Kier alpha value is -3.23. The van der Waals surface area contributed by atoms with E-state index in [1.54, 1.807) is 17.0 Å². The third-order valence-corrected chi connectivity index (χ3v) is 4.69. The van der Waals surface area contributed by atoms with Gasteiger partial charge in [-0.3, -0.25) is 14.9 Å². The van der Waals surface area contributed by atoms with Crippen LogP contribution in [0, 0.1) is 29.9 Å². The first-order chi connectivity index (χ1) is 13.4. The van der Waals surface area contributed by atoms with E-state index in [1.165, 1.54) is 13.4 Å². The third-order valence-electron chi connectivity index (χ3n) is 4.69. The number of aryl methyl sites for hydroxylation is 2. The van der Waals surface area contributed by atoms with Gasteiger partial charge in [0.25, 0.3) is 0 Å². The largest absolute Gasteiger partial charge is 0.469 e. The zero-order chi connectivity index (χ0) is 20.3. The molecule has 1 aromatic heterocycles. The molecule has 0 aliphatic carbocycles. The second-order valence-corrected chi connectivity index (χ2v) is 6.82. The van der Waals surface area contributed by atoms with Crippen LogP contribution in [0.15, 0.2) is 24.5 Å². The van der Waals surface area contributed by atoms with Crippen LogP contribution in [0.5, 0.6) is 11.6 Å². The average Bonchev–Trinajstić information content (AvgIpc) is 2.66. The van der Waals surface area contributed by atoms with E-state index >= 15 is 0 Å². The normalized spacial score (nSPS) is 14.6. The Morgan fingerprint density at radius 2 is 1.82 bits per heavy atom. The summed E-state index contributed by atoms with van der Waals surface area (Å²) in [6.07, 6.45) is 2.34. The van der Waals surface area contributed by atoms with Gasteiger partial charge in [-0.1, -0.05) is 6.07 Å². The molecule has 0 amide bonds. The van der Waals surface area contributed by atoms with Crippen LogP contribution >= 0.6 is 0 Å². The van der Waals surface area contributed by atoms with Crippen molar-refractivity contribution in [2.24, 2.45) is 5.92 Å². The number of piperidine rings is 1. The summed E-state index contributed by atoms with van der Waals surface area (Å²) in [7, 11) is 1.36. The molecule has 3 rings (SSSR count). The van der Waals surface area contributed by atoms with Crippen molar-refractivity contribution in [1.29, 1.82) is 0 Å². The molecule has 1 aliphatic heterocycles. The number of carbonyl (C=O) groups is 1. The molecule has 0 spiro atoms. The summed E-state index contributed by atoms with van der Waals surface area (Å²) in [4.78, 5) is 32.9. The molecule has 148 valence electrons. The minimum Gasteiger partial charge on any atom is -0.469 e. The lowest BCUT2D eigenvalue weighted by Gasteiger charge is -2.31. The van der Waals surface area contributed by atoms with Gasteiger partial charge < -0.3 is 14.4 Å². The van der Waals surface area contributed by atoms with Crippen molar-refractivity contribution in [3.05, 3.63) is 45.8 Å². The van der Waals surface area contributed by atoms with Gasteiger partial charge in [-0.25, -0.2) is 4.98 Å². The maximum absolute atomic E-state index is 11.8. The summed E-state index contributed by atoms with van der Waals surface area (Å²) in [5.74, 6) is 0.122. The Bertz CT molecular complexity index is 874. The van der Waals surface area contributed by atoms with E-state index in [1.807, 2.05) is 19.9 Å². The molecular formula is C19H22N4O5. The van der Waals surface area contributed by atoms with Crippen LogP contribution in [0.3, 0.4) is 0 Å². The summed E-state index contributed by atoms with van der Waals surface area (Å²) in [6.45, 7) is 4.76. The average molecular weight is 386 g/mol. The van der Waals surface area contributed by atoms with Crippen molar-refractivity contribution in [3.63, 3.8) is 0 Å². The Kier molecular flexibility index (Phi) is 5.72. The maximum Gasteiger partial charge on any atom is 0.373 e. The lowest BCUT2D eigenvalue weighted by molar-refractivity contribution is -0.385. The predicted octanol–water partition coefficient (Wildman–Crippen LogP) is 3.18. The van der Waals surface area contributed by atoms with Crippen LogP contribution in [-0.2, 0) is 9.53 Å². The highest BCUT2D eigenvalue weighted by atomic mass is 16.6. The van der Waals surface area contributed by atoms with E-state index < -0.39 is 4.92 Å². The van der Waals surface area contributed by atoms with E-state index in [-0.39, 0.29) is 29.3 Å². The van der Waals surface area contributed by atoms with Crippen LogP contribution in [-0.4, -0.2) is 41.1 Å². The van der Waals surface area contributed by atoms with Gasteiger partial charge in [-0.2, -0.15) is 4.98 Å². The van der Waals surface area contributed by atoms with Crippen molar-refractivity contribution in [3.8, 4) is 11.6 Å². The van der Waals surface area contributed by atoms with Gasteiger partial charge in [0.2, 0.25) is 5.82 Å². The molecule has 0 N–H and O–H groups in total. The van der Waals surface area contributed by atoms with Gasteiger partial charge >= 0.3 is 17.5 Å². The number of rotatable bonds is 5. The highest BCUT2D eigenvalue weighted by Crippen LogP contribution is 2.37. The van der Waals surface area contributed by atoms with E-state index in [0.717, 1.165) is 11.1 Å². The topological polar surface area (TPSA) is 108 Å². The molecule has 1 aromatic carbocycles. The molecule has 2 aromatic rings.